The zero-order chi connectivity index (χ0) is 56.4. The van der Waals surface area contributed by atoms with E-state index in [2.05, 4.69) is 20.0 Å². The first-order valence-corrected chi connectivity index (χ1v) is 32.7. The number of nitrogens with one attached hydrogen (secondary N) is 1. The molecule has 3 aliphatic rings. The molecule has 79 heavy (non-hydrogen) atoms. The largest absolute Gasteiger partial charge is 0.501 e. The number of anilines is 4. The maximum atomic E-state index is 15.9. The van der Waals surface area contributed by atoms with Gasteiger partial charge in [-0.25, -0.2) is 21.2 Å². The molecule has 3 saturated heterocycles. The number of halogens is 5. The molecule has 9 rings (SSSR count). The quantitative estimate of drug-likeness (QED) is 0.0479. The third kappa shape index (κ3) is 12.9. The molecule has 13 nitrogen and oxygen atoms in total. The van der Waals surface area contributed by atoms with Crippen molar-refractivity contribution in [2.45, 2.75) is 78.7 Å². The highest BCUT2D eigenvalue weighted by Gasteiger charge is 2.49. The van der Waals surface area contributed by atoms with Gasteiger partial charge < -0.3 is 34.2 Å². The smallest absolute Gasteiger partial charge is 0.396 e. The summed E-state index contributed by atoms with van der Waals surface area (Å²) in [5.41, 5.74) is -1.28. The zero-order valence-corrected chi connectivity index (χ0v) is 48.6. The lowest BCUT2D eigenvalue weighted by Crippen LogP contribution is -2.46. The molecule has 0 unspecified atom stereocenters. The number of aliphatic hydroxyl groups excluding tert-OH is 1. The van der Waals surface area contributed by atoms with Crippen LogP contribution in [0.5, 0.6) is 0 Å². The number of benzene rings is 5. The van der Waals surface area contributed by atoms with E-state index in [0.29, 0.717) is 90.2 Å². The van der Waals surface area contributed by atoms with Crippen molar-refractivity contribution in [3.8, 4) is 22.4 Å². The molecule has 3 aliphatic heterocycles. The summed E-state index contributed by atoms with van der Waals surface area (Å²) in [6.07, 6.45) is 3.76. The second kappa shape index (κ2) is 24.2. The number of piperidine rings is 1. The van der Waals surface area contributed by atoms with Crippen molar-refractivity contribution in [1.29, 1.82) is 0 Å². The Hall–Kier alpha value is -5.05. The summed E-state index contributed by atoms with van der Waals surface area (Å²) in [5.74, 6) is 0.117. The van der Waals surface area contributed by atoms with Gasteiger partial charge in [0.15, 0.2) is 9.84 Å². The number of piperazine rings is 1. The molecule has 1 aromatic heterocycles. The lowest BCUT2D eigenvalue weighted by Gasteiger charge is -2.39. The van der Waals surface area contributed by atoms with Gasteiger partial charge in [-0.15, -0.1) is 11.8 Å². The highest BCUT2D eigenvalue weighted by Crippen LogP contribution is 2.55. The van der Waals surface area contributed by atoms with Gasteiger partial charge in [-0.2, -0.15) is 13.2 Å². The molecule has 22 heteroatoms. The fourth-order valence-corrected chi connectivity index (χ4v) is 16.7. The van der Waals surface area contributed by atoms with Crippen LogP contribution in [0.3, 0.4) is 0 Å². The summed E-state index contributed by atoms with van der Waals surface area (Å²) in [4.78, 5) is 6.48. The number of sulfone groups is 2. The molecule has 0 saturated carbocycles. The molecule has 2 atom stereocenters. The minimum absolute atomic E-state index is 0.0331. The predicted molar refractivity (Wildman–Crippen MR) is 310 cm³/mol. The summed E-state index contributed by atoms with van der Waals surface area (Å²) in [5, 5.41) is 13.1. The van der Waals surface area contributed by atoms with E-state index in [1.54, 1.807) is 31.2 Å². The van der Waals surface area contributed by atoms with Crippen LogP contribution >= 0.6 is 30.9 Å². The molecule has 0 amide bonds. The number of rotatable bonds is 18. The second-order valence-corrected chi connectivity index (χ2v) is 28.4. The number of aliphatic hydroxyl groups is 1. The van der Waals surface area contributed by atoms with Gasteiger partial charge in [-0.05, 0) is 162 Å². The molecule has 0 radical (unpaired) electrons. The van der Waals surface area contributed by atoms with Crippen molar-refractivity contribution in [3.05, 3.63) is 132 Å². The molecule has 0 bridgehead atoms. The topological polar surface area (TPSA) is 145 Å². The molecule has 0 aliphatic carbocycles. The number of nitrogens with zero attached hydrogens (tertiary/aromatic N) is 5. The number of thioether (sulfide) groups is 1. The van der Waals surface area contributed by atoms with E-state index in [9.17, 15) is 35.1 Å². The molecule has 4 heterocycles. The summed E-state index contributed by atoms with van der Waals surface area (Å²) < 4.78 is 139. The molecule has 5 aromatic carbocycles. The van der Waals surface area contributed by atoms with E-state index in [4.69, 9.17) is 16.1 Å². The van der Waals surface area contributed by atoms with E-state index < -0.39 is 49.5 Å². The van der Waals surface area contributed by atoms with Crippen molar-refractivity contribution < 1.29 is 48.6 Å². The molecule has 0 spiro atoms. The molecule has 6 aromatic rings. The van der Waals surface area contributed by atoms with Crippen molar-refractivity contribution in [2.24, 2.45) is 5.92 Å². The molecule has 3 fully saturated rings. The van der Waals surface area contributed by atoms with Crippen molar-refractivity contribution in [3.63, 3.8) is 0 Å². The predicted octanol–water partition coefficient (Wildman–Crippen LogP) is 11.9. The minimum atomic E-state index is -5.97. The van der Waals surface area contributed by atoms with E-state index in [1.807, 2.05) is 79.1 Å². The van der Waals surface area contributed by atoms with Crippen LogP contribution in [-0.4, -0.2) is 121 Å². The van der Waals surface area contributed by atoms with E-state index in [1.165, 1.54) is 47.0 Å². The molecule has 424 valence electrons. The third-order valence-electron chi connectivity index (χ3n) is 15.0. The average molecular weight is 1190 g/mol. The SMILES string of the molecule is Cc1c(S(C)(=O)=O)c(-c2cc(F)cc(N3CCN(c4ccc(N5CCCO[P@@]5(=O)c5ccc(N[C@H](CCN6CCC(CO)CC6)CSc6ccccc6)c(S(=O)(=O)C(F)(F)F)c5)cc4)CC3)c2)c(-c2ccc(Cl)cc2)n1C(C)C. The van der Waals surface area contributed by atoms with Gasteiger partial charge in [0.2, 0.25) is 0 Å². The Balaban J connectivity index is 0.946. The number of alkyl halides is 3. The number of aromatic nitrogens is 1. The lowest BCUT2D eigenvalue weighted by atomic mass is 9.97. The van der Waals surface area contributed by atoms with Crippen molar-refractivity contribution in [1.82, 2.24) is 9.47 Å². The van der Waals surface area contributed by atoms with Gasteiger partial charge in [0.05, 0.1) is 28.2 Å². The Labute approximate surface area is 470 Å². The highest BCUT2D eigenvalue weighted by atomic mass is 35.5. The van der Waals surface area contributed by atoms with Gasteiger partial charge in [0, 0.05) is 108 Å². The zero-order valence-electron chi connectivity index (χ0n) is 44.5. The fourth-order valence-electron chi connectivity index (χ4n) is 11.0. The molecule has 2 N–H and O–H groups in total. The maximum Gasteiger partial charge on any atom is 0.501 e. The van der Waals surface area contributed by atoms with Crippen LogP contribution in [-0.2, 0) is 28.8 Å². The fraction of sp³-hybridized carbons (Fsp3) is 0.404. The Morgan fingerprint density at radius 3 is 2.08 bits per heavy atom. The van der Waals surface area contributed by atoms with Crippen LogP contribution in [0, 0.1) is 18.7 Å². The third-order valence-corrected chi connectivity index (χ3v) is 21.7. The number of likely N-dealkylation sites (tertiary alicyclic amines) is 1. The lowest BCUT2D eigenvalue weighted by molar-refractivity contribution is -0.0435. The first kappa shape index (κ1) is 58.6. The van der Waals surface area contributed by atoms with Crippen LogP contribution < -0.4 is 25.1 Å². The van der Waals surface area contributed by atoms with Crippen LogP contribution in [0.15, 0.2) is 130 Å². The van der Waals surface area contributed by atoms with Crippen LogP contribution in [0.2, 0.25) is 5.02 Å². The second-order valence-electron chi connectivity index (χ2n) is 20.8. The Morgan fingerprint density at radius 1 is 0.810 bits per heavy atom. The summed E-state index contributed by atoms with van der Waals surface area (Å²) in [7, 11) is -14.0. The Morgan fingerprint density at radius 2 is 1.46 bits per heavy atom. The van der Waals surface area contributed by atoms with Gasteiger partial charge in [-0.1, -0.05) is 41.9 Å². The first-order chi connectivity index (χ1) is 37.5. The number of hydrogen-bond acceptors (Lipinski definition) is 12. The monoisotopic (exact) mass is 1180 g/mol. The van der Waals surface area contributed by atoms with Gasteiger partial charge in [0.25, 0.3) is 9.84 Å². The van der Waals surface area contributed by atoms with Crippen LogP contribution in [0.1, 0.15) is 51.3 Å². The summed E-state index contributed by atoms with van der Waals surface area (Å²) in [6, 6.07) is 31.4. The Bertz CT molecular complexity index is 3400. The summed E-state index contributed by atoms with van der Waals surface area (Å²) in [6.45, 7) is 10.2. The van der Waals surface area contributed by atoms with Crippen molar-refractivity contribution in [2.75, 3.05) is 97.4 Å². The standard InChI is InChI=1S/C57H66ClF4N6O7PS3/c1-39(2)68-40(3)56(78(4,71)72)54(55(68)42-11-13-44(58)14-12-42)43-33-45(59)35-49(34-43)66-30-28-65(29-31-66)47-15-17-48(18-16-47)67-24-8-32-75-76(67,70)50-19-20-52(53(36-50)79(73,74)57(60,61)62)63-46(38-77-51-9-6-5-7-10-51)23-27-64-25-21-41(37-69)22-26-64/h5-7,9-20,33-36,39,41,46,63,69H,8,21-32,37-38H2,1-4H3/t46-,76+/m1/s1. The molecular formula is C57H66ClF4N6O7PS3. The van der Waals surface area contributed by atoms with E-state index in [-0.39, 0.29) is 47.6 Å². The highest BCUT2D eigenvalue weighted by molar-refractivity contribution is 7.99. The summed E-state index contributed by atoms with van der Waals surface area (Å²) >= 11 is 7.77. The Kier molecular flexibility index (Phi) is 17.9. The van der Waals surface area contributed by atoms with Crippen LogP contribution in [0.25, 0.3) is 22.4 Å². The van der Waals surface area contributed by atoms with E-state index in [0.717, 1.165) is 48.1 Å². The van der Waals surface area contributed by atoms with Gasteiger partial charge >= 0.3 is 13.0 Å². The molecular weight excluding hydrogens is 1120 g/mol. The minimum Gasteiger partial charge on any atom is -0.396 e. The van der Waals surface area contributed by atoms with Crippen molar-refractivity contribution >= 4 is 78.6 Å². The van der Waals surface area contributed by atoms with Gasteiger partial charge in [0.1, 0.15) is 10.7 Å². The first-order valence-electron chi connectivity index (χ1n) is 26.4. The van der Waals surface area contributed by atoms with Gasteiger partial charge in [-0.3, -0.25) is 9.24 Å². The maximum absolute atomic E-state index is 15.9. The van der Waals surface area contributed by atoms with E-state index >= 15 is 8.96 Å². The normalized spacial score (nSPS) is 18.6. The average Bonchev–Trinajstić information content (AvgIpc) is 3.84. The number of hydrogen-bond donors (Lipinski definition) is 2. The van der Waals surface area contributed by atoms with Crippen LogP contribution in [0.4, 0.5) is 40.3 Å².